The SMILES string of the molecule is CCc1nsc(SCCCCC(C)(C)C(=N)N)n1. The van der Waals surface area contributed by atoms with Crippen molar-refractivity contribution in [3.05, 3.63) is 5.82 Å². The van der Waals surface area contributed by atoms with Gasteiger partial charge in [0.05, 0.1) is 5.84 Å². The van der Waals surface area contributed by atoms with E-state index in [1.807, 2.05) is 13.8 Å². The molecule has 1 rings (SSSR count). The summed E-state index contributed by atoms with van der Waals surface area (Å²) in [5, 5.41) is 7.49. The smallest absolute Gasteiger partial charge is 0.170 e. The van der Waals surface area contributed by atoms with E-state index in [1.165, 1.54) is 11.5 Å². The van der Waals surface area contributed by atoms with Gasteiger partial charge in [-0.15, -0.1) is 0 Å². The molecule has 0 aromatic carbocycles. The quantitative estimate of drug-likeness (QED) is 0.333. The van der Waals surface area contributed by atoms with E-state index in [4.69, 9.17) is 11.1 Å². The molecule has 0 saturated heterocycles. The van der Waals surface area contributed by atoms with Crippen molar-refractivity contribution in [3.63, 3.8) is 0 Å². The Morgan fingerprint density at radius 2 is 2.17 bits per heavy atom. The first-order valence-electron chi connectivity index (χ1n) is 6.25. The summed E-state index contributed by atoms with van der Waals surface area (Å²) >= 11 is 3.27. The normalized spacial score (nSPS) is 11.7. The summed E-state index contributed by atoms with van der Waals surface area (Å²) in [5.74, 6) is 2.29. The van der Waals surface area contributed by atoms with Gasteiger partial charge < -0.3 is 5.73 Å². The third-order valence-corrected chi connectivity index (χ3v) is 4.87. The van der Waals surface area contributed by atoms with Gasteiger partial charge in [-0.05, 0) is 24.4 Å². The number of nitrogens with zero attached hydrogens (tertiary/aromatic N) is 2. The van der Waals surface area contributed by atoms with Gasteiger partial charge in [0.15, 0.2) is 4.34 Å². The molecule has 1 heterocycles. The van der Waals surface area contributed by atoms with Crippen molar-refractivity contribution < 1.29 is 0 Å². The molecule has 6 heteroatoms. The van der Waals surface area contributed by atoms with Crippen LogP contribution in [0.15, 0.2) is 4.34 Å². The number of thioether (sulfide) groups is 1. The van der Waals surface area contributed by atoms with E-state index in [0.29, 0.717) is 0 Å². The third kappa shape index (κ3) is 4.94. The summed E-state index contributed by atoms with van der Waals surface area (Å²) in [6.45, 7) is 6.13. The van der Waals surface area contributed by atoms with E-state index in [-0.39, 0.29) is 11.3 Å². The van der Waals surface area contributed by atoms with E-state index in [0.717, 1.165) is 41.6 Å². The summed E-state index contributed by atoms with van der Waals surface area (Å²) in [4.78, 5) is 4.42. The second-order valence-corrected chi connectivity index (χ2v) is 7.03. The number of unbranched alkanes of at least 4 members (excludes halogenated alkanes) is 1. The fraction of sp³-hybridized carbons (Fsp3) is 0.750. The molecular weight excluding hydrogens is 264 g/mol. The lowest BCUT2D eigenvalue weighted by Crippen LogP contribution is -2.30. The number of aryl methyl sites for hydroxylation is 1. The minimum atomic E-state index is -0.164. The van der Waals surface area contributed by atoms with Crippen molar-refractivity contribution in [1.29, 1.82) is 5.41 Å². The van der Waals surface area contributed by atoms with Crippen molar-refractivity contribution in [2.24, 2.45) is 11.1 Å². The summed E-state index contributed by atoms with van der Waals surface area (Å²) in [6, 6.07) is 0. The van der Waals surface area contributed by atoms with Gasteiger partial charge >= 0.3 is 0 Å². The summed E-state index contributed by atoms with van der Waals surface area (Å²) in [7, 11) is 0. The fourth-order valence-electron chi connectivity index (χ4n) is 1.40. The molecule has 0 saturated carbocycles. The van der Waals surface area contributed by atoms with E-state index >= 15 is 0 Å². The maximum absolute atomic E-state index is 7.49. The summed E-state index contributed by atoms with van der Waals surface area (Å²) in [6.07, 6.45) is 4.10. The van der Waals surface area contributed by atoms with Crippen LogP contribution in [0.2, 0.25) is 0 Å². The van der Waals surface area contributed by atoms with Crippen LogP contribution in [0.1, 0.15) is 45.9 Å². The van der Waals surface area contributed by atoms with Gasteiger partial charge in [0.25, 0.3) is 0 Å². The fourth-order valence-corrected chi connectivity index (χ4v) is 3.17. The number of aromatic nitrogens is 2. The van der Waals surface area contributed by atoms with Crippen LogP contribution in [-0.4, -0.2) is 20.9 Å². The van der Waals surface area contributed by atoms with Gasteiger partial charge in [0.2, 0.25) is 0 Å². The topological polar surface area (TPSA) is 75.7 Å². The zero-order valence-corrected chi connectivity index (χ0v) is 13.0. The monoisotopic (exact) mass is 286 g/mol. The van der Waals surface area contributed by atoms with E-state index < -0.39 is 0 Å². The molecule has 0 unspecified atom stereocenters. The van der Waals surface area contributed by atoms with Crippen LogP contribution >= 0.6 is 23.3 Å². The number of hydrogen-bond donors (Lipinski definition) is 2. The first-order valence-corrected chi connectivity index (χ1v) is 8.01. The van der Waals surface area contributed by atoms with Crippen LogP contribution in [0.4, 0.5) is 0 Å². The predicted molar refractivity (Wildman–Crippen MR) is 79.6 cm³/mol. The first kappa shape index (κ1) is 15.4. The zero-order valence-electron chi connectivity index (χ0n) is 11.3. The highest BCUT2D eigenvalue weighted by Gasteiger charge is 2.20. The predicted octanol–water partition coefficient (Wildman–Crippen LogP) is 3.33. The van der Waals surface area contributed by atoms with Crippen LogP contribution in [0.25, 0.3) is 0 Å². The lowest BCUT2D eigenvalue weighted by Gasteiger charge is -2.22. The molecule has 1 aromatic heterocycles. The molecule has 102 valence electrons. The Hall–Kier alpha value is -0.620. The second kappa shape index (κ2) is 7.09. The standard InChI is InChI=1S/C12H22N4S2/c1-4-9-15-11(18-16-9)17-8-6-5-7-12(2,3)10(13)14/h4-8H2,1-3H3,(H3,13,14). The third-order valence-electron chi connectivity index (χ3n) is 2.92. The average Bonchev–Trinajstić information content (AvgIpc) is 2.76. The van der Waals surface area contributed by atoms with E-state index in [9.17, 15) is 0 Å². The van der Waals surface area contributed by atoms with Gasteiger partial charge in [-0.1, -0.05) is 39.0 Å². The Morgan fingerprint density at radius 3 is 2.72 bits per heavy atom. The molecule has 3 N–H and O–H groups in total. The van der Waals surface area contributed by atoms with Crippen molar-refractivity contribution in [1.82, 2.24) is 9.36 Å². The van der Waals surface area contributed by atoms with Crippen molar-refractivity contribution in [2.45, 2.75) is 50.8 Å². The summed E-state index contributed by atoms with van der Waals surface area (Å²) < 4.78 is 5.33. The number of rotatable bonds is 8. The van der Waals surface area contributed by atoms with Crippen molar-refractivity contribution >= 4 is 29.1 Å². The van der Waals surface area contributed by atoms with Crippen LogP contribution in [0.5, 0.6) is 0 Å². The van der Waals surface area contributed by atoms with Gasteiger partial charge in [-0.2, -0.15) is 4.37 Å². The van der Waals surface area contributed by atoms with Crippen LogP contribution < -0.4 is 5.73 Å². The minimum Gasteiger partial charge on any atom is -0.387 e. The number of amidine groups is 1. The van der Waals surface area contributed by atoms with Gasteiger partial charge in [0.1, 0.15) is 5.82 Å². The van der Waals surface area contributed by atoms with Gasteiger partial charge in [-0.3, -0.25) is 5.41 Å². The molecule has 0 bridgehead atoms. The Morgan fingerprint density at radius 1 is 1.44 bits per heavy atom. The van der Waals surface area contributed by atoms with Crippen molar-refractivity contribution in [2.75, 3.05) is 5.75 Å². The molecule has 0 atom stereocenters. The highest BCUT2D eigenvalue weighted by Crippen LogP contribution is 2.25. The summed E-state index contributed by atoms with van der Waals surface area (Å²) in [5.41, 5.74) is 5.39. The van der Waals surface area contributed by atoms with Crippen LogP contribution in [0.3, 0.4) is 0 Å². The van der Waals surface area contributed by atoms with E-state index in [1.54, 1.807) is 11.8 Å². The molecule has 18 heavy (non-hydrogen) atoms. The minimum absolute atomic E-state index is 0.164. The Labute approximate surface area is 117 Å². The highest BCUT2D eigenvalue weighted by atomic mass is 32.2. The number of nitrogens with one attached hydrogen (secondary N) is 1. The number of nitrogens with two attached hydrogens (primary N) is 1. The second-order valence-electron chi connectivity index (χ2n) is 4.93. The first-order chi connectivity index (χ1) is 8.45. The molecule has 1 aromatic rings. The molecule has 0 amide bonds. The lowest BCUT2D eigenvalue weighted by atomic mass is 9.86. The van der Waals surface area contributed by atoms with E-state index in [2.05, 4.69) is 16.3 Å². The largest absolute Gasteiger partial charge is 0.387 e. The van der Waals surface area contributed by atoms with Gasteiger partial charge in [-0.25, -0.2) is 4.98 Å². The van der Waals surface area contributed by atoms with Crippen molar-refractivity contribution in [3.8, 4) is 0 Å². The molecule has 0 fully saturated rings. The molecule has 0 radical (unpaired) electrons. The zero-order chi connectivity index (χ0) is 13.6. The van der Waals surface area contributed by atoms with Gasteiger partial charge in [0, 0.05) is 17.6 Å². The maximum atomic E-state index is 7.49. The maximum Gasteiger partial charge on any atom is 0.170 e. The average molecular weight is 286 g/mol. The molecule has 4 nitrogen and oxygen atoms in total. The molecule has 0 aliphatic carbocycles. The molecular formula is C12H22N4S2. The Kier molecular flexibility index (Phi) is 6.08. The highest BCUT2D eigenvalue weighted by molar-refractivity contribution is 8.00. The Balaban J connectivity index is 2.17. The van der Waals surface area contributed by atoms with Crippen LogP contribution in [-0.2, 0) is 6.42 Å². The Bertz CT molecular complexity index is 387. The van der Waals surface area contributed by atoms with Crippen LogP contribution in [0, 0.1) is 10.8 Å². The molecule has 0 spiro atoms. The molecule has 0 aliphatic heterocycles. The molecule has 0 aliphatic rings. The lowest BCUT2D eigenvalue weighted by molar-refractivity contribution is 0.448. The number of hydrogen-bond acceptors (Lipinski definition) is 5.